The summed E-state index contributed by atoms with van der Waals surface area (Å²) in [4.78, 5) is 13.9. The van der Waals surface area contributed by atoms with E-state index in [4.69, 9.17) is 16.3 Å². The highest BCUT2D eigenvalue weighted by Crippen LogP contribution is 2.26. The summed E-state index contributed by atoms with van der Waals surface area (Å²) in [5.74, 6) is 2.05. The van der Waals surface area contributed by atoms with Crippen molar-refractivity contribution in [2.24, 2.45) is 5.92 Å². The molecule has 4 nitrogen and oxygen atoms in total. The standard InChI is InChI=1S/C23H29ClN2O2/c1-17(18(2)27)16-26-13-11-21(12-14-26)25-15-19-5-3-4-6-23(19)28-22-9-7-20(24)8-10-22/h3-10,17,21,25H,11-16H2,1-2H3. The van der Waals surface area contributed by atoms with Crippen LogP contribution in [0, 0.1) is 5.92 Å². The number of benzene rings is 2. The van der Waals surface area contributed by atoms with Gasteiger partial charge in [0.1, 0.15) is 17.3 Å². The molecule has 1 saturated heterocycles. The minimum Gasteiger partial charge on any atom is -0.457 e. The number of ether oxygens (including phenoxy) is 1. The first-order chi connectivity index (χ1) is 13.5. The SMILES string of the molecule is CC(=O)C(C)CN1CCC(NCc2ccccc2Oc2ccc(Cl)cc2)CC1. The Bertz CT molecular complexity index is 770. The van der Waals surface area contributed by atoms with E-state index in [1.165, 1.54) is 0 Å². The monoisotopic (exact) mass is 400 g/mol. The molecule has 1 heterocycles. The summed E-state index contributed by atoms with van der Waals surface area (Å²) in [6.45, 7) is 7.43. The summed E-state index contributed by atoms with van der Waals surface area (Å²) in [6, 6.07) is 16.0. The lowest BCUT2D eigenvalue weighted by Gasteiger charge is -2.33. The molecule has 5 heteroatoms. The number of piperidine rings is 1. The average molecular weight is 401 g/mol. The second-order valence-corrected chi connectivity index (χ2v) is 8.07. The van der Waals surface area contributed by atoms with Crippen LogP contribution >= 0.6 is 11.6 Å². The normalized spacial score (nSPS) is 16.7. The third-order valence-electron chi connectivity index (χ3n) is 5.41. The van der Waals surface area contributed by atoms with Gasteiger partial charge in [0.2, 0.25) is 0 Å². The minimum absolute atomic E-state index is 0.126. The smallest absolute Gasteiger partial charge is 0.133 e. The van der Waals surface area contributed by atoms with Crippen molar-refractivity contribution >= 4 is 17.4 Å². The van der Waals surface area contributed by atoms with Crippen molar-refractivity contribution in [1.82, 2.24) is 10.2 Å². The fourth-order valence-electron chi connectivity index (χ4n) is 3.47. The number of nitrogens with zero attached hydrogens (tertiary/aromatic N) is 1. The number of likely N-dealkylation sites (tertiary alicyclic amines) is 1. The molecule has 0 spiro atoms. The Morgan fingerprint density at radius 3 is 2.54 bits per heavy atom. The van der Waals surface area contributed by atoms with Gasteiger partial charge in [0, 0.05) is 35.6 Å². The molecule has 1 aliphatic rings. The van der Waals surface area contributed by atoms with Crippen molar-refractivity contribution in [3.8, 4) is 11.5 Å². The summed E-state index contributed by atoms with van der Waals surface area (Å²) in [5.41, 5.74) is 1.14. The van der Waals surface area contributed by atoms with Crippen LogP contribution in [0.2, 0.25) is 5.02 Å². The topological polar surface area (TPSA) is 41.6 Å². The van der Waals surface area contributed by atoms with Crippen LogP contribution in [0.15, 0.2) is 48.5 Å². The number of halogens is 1. The highest BCUT2D eigenvalue weighted by Gasteiger charge is 2.21. The molecule has 0 saturated carbocycles. The molecule has 3 rings (SSSR count). The van der Waals surface area contributed by atoms with Crippen LogP contribution in [0.5, 0.6) is 11.5 Å². The summed E-state index contributed by atoms with van der Waals surface area (Å²) in [5, 5.41) is 4.38. The van der Waals surface area contributed by atoms with E-state index in [0.29, 0.717) is 11.1 Å². The molecule has 1 aliphatic heterocycles. The van der Waals surface area contributed by atoms with Crippen molar-refractivity contribution in [2.45, 2.75) is 39.3 Å². The van der Waals surface area contributed by atoms with Gasteiger partial charge in [-0.25, -0.2) is 0 Å². The van der Waals surface area contributed by atoms with Crippen LogP contribution in [-0.4, -0.2) is 36.4 Å². The molecule has 2 aromatic carbocycles. The van der Waals surface area contributed by atoms with E-state index >= 15 is 0 Å². The number of para-hydroxylation sites is 1. The Kier molecular flexibility index (Phi) is 7.49. The highest BCUT2D eigenvalue weighted by atomic mass is 35.5. The number of ketones is 1. The van der Waals surface area contributed by atoms with Crippen LogP contribution in [0.4, 0.5) is 0 Å². The van der Waals surface area contributed by atoms with Gasteiger partial charge in [0.25, 0.3) is 0 Å². The quantitative estimate of drug-likeness (QED) is 0.683. The van der Waals surface area contributed by atoms with Gasteiger partial charge in [-0.3, -0.25) is 4.79 Å². The van der Waals surface area contributed by atoms with E-state index < -0.39 is 0 Å². The lowest BCUT2D eigenvalue weighted by Crippen LogP contribution is -2.44. The molecule has 28 heavy (non-hydrogen) atoms. The van der Waals surface area contributed by atoms with Crippen LogP contribution in [0.1, 0.15) is 32.3 Å². The number of Topliss-reactive ketones (excluding diaryl/α,β-unsaturated/α-hetero) is 1. The predicted octanol–water partition coefficient (Wildman–Crippen LogP) is 4.91. The van der Waals surface area contributed by atoms with Gasteiger partial charge < -0.3 is 15.0 Å². The third-order valence-corrected chi connectivity index (χ3v) is 5.66. The van der Waals surface area contributed by atoms with E-state index in [9.17, 15) is 4.79 Å². The molecule has 0 amide bonds. The van der Waals surface area contributed by atoms with Gasteiger partial charge in [-0.15, -0.1) is 0 Å². The van der Waals surface area contributed by atoms with Crippen molar-refractivity contribution < 1.29 is 9.53 Å². The first-order valence-electron chi connectivity index (χ1n) is 9.99. The lowest BCUT2D eigenvalue weighted by atomic mass is 10.0. The number of hydrogen-bond acceptors (Lipinski definition) is 4. The van der Waals surface area contributed by atoms with Crippen LogP contribution in [-0.2, 0) is 11.3 Å². The number of carbonyl (C=O) groups is 1. The Labute approximate surface area is 172 Å². The number of rotatable bonds is 8. The fourth-order valence-corrected chi connectivity index (χ4v) is 3.59. The van der Waals surface area contributed by atoms with E-state index in [2.05, 4.69) is 16.3 Å². The van der Waals surface area contributed by atoms with Crippen LogP contribution < -0.4 is 10.1 Å². The van der Waals surface area contributed by atoms with Gasteiger partial charge in [0.15, 0.2) is 0 Å². The summed E-state index contributed by atoms with van der Waals surface area (Å²) < 4.78 is 6.05. The molecule has 0 aromatic heterocycles. The van der Waals surface area contributed by atoms with Gasteiger partial charge in [-0.1, -0.05) is 36.7 Å². The third kappa shape index (κ3) is 6.06. The summed E-state index contributed by atoms with van der Waals surface area (Å²) >= 11 is 5.95. The molecule has 0 bridgehead atoms. The van der Waals surface area contributed by atoms with Crippen molar-refractivity contribution in [3.05, 3.63) is 59.1 Å². The molecule has 1 atom stereocenters. The van der Waals surface area contributed by atoms with E-state index in [1.54, 1.807) is 6.92 Å². The Hall–Kier alpha value is -1.88. The predicted molar refractivity (Wildman–Crippen MR) is 114 cm³/mol. The van der Waals surface area contributed by atoms with Gasteiger partial charge >= 0.3 is 0 Å². The number of carbonyl (C=O) groups excluding carboxylic acids is 1. The molecule has 1 fully saturated rings. The Balaban J connectivity index is 1.50. The largest absolute Gasteiger partial charge is 0.457 e. The summed E-state index contributed by atoms with van der Waals surface area (Å²) in [7, 11) is 0. The maximum absolute atomic E-state index is 11.5. The van der Waals surface area contributed by atoms with E-state index in [0.717, 1.165) is 56.1 Å². The average Bonchev–Trinajstić information content (AvgIpc) is 2.70. The lowest BCUT2D eigenvalue weighted by molar-refractivity contribution is -0.120. The Morgan fingerprint density at radius 1 is 1.18 bits per heavy atom. The fraction of sp³-hybridized carbons (Fsp3) is 0.435. The molecule has 0 aliphatic carbocycles. The molecule has 2 aromatic rings. The number of nitrogens with one attached hydrogen (secondary N) is 1. The first kappa shape index (κ1) is 20.8. The summed E-state index contributed by atoms with van der Waals surface area (Å²) in [6.07, 6.45) is 2.20. The van der Waals surface area contributed by atoms with E-state index in [-0.39, 0.29) is 11.7 Å². The second-order valence-electron chi connectivity index (χ2n) is 7.63. The maximum atomic E-state index is 11.5. The van der Waals surface area contributed by atoms with E-state index in [1.807, 2.05) is 49.4 Å². The van der Waals surface area contributed by atoms with Crippen molar-refractivity contribution in [3.63, 3.8) is 0 Å². The molecule has 1 unspecified atom stereocenters. The minimum atomic E-state index is 0.126. The van der Waals surface area contributed by atoms with Gasteiger partial charge in [-0.05, 0) is 63.2 Å². The molecule has 0 radical (unpaired) electrons. The zero-order valence-corrected chi connectivity index (χ0v) is 17.4. The van der Waals surface area contributed by atoms with Crippen molar-refractivity contribution in [2.75, 3.05) is 19.6 Å². The first-order valence-corrected chi connectivity index (χ1v) is 10.4. The molecular formula is C23H29ClN2O2. The highest BCUT2D eigenvalue weighted by molar-refractivity contribution is 6.30. The van der Waals surface area contributed by atoms with Crippen molar-refractivity contribution in [1.29, 1.82) is 0 Å². The Morgan fingerprint density at radius 2 is 1.86 bits per heavy atom. The number of hydrogen-bond donors (Lipinski definition) is 1. The zero-order chi connectivity index (χ0) is 19.9. The van der Waals surface area contributed by atoms with Crippen LogP contribution in [0.25, 0.3) is 0 Å². The van der Waals surface area contributed by atoms with Gasteiger partial charge in [-0.2, -0.15) is 0 Å². The molecule has 1 N–H and O–H groups in total. The zero-order valence-electron chi connectivity index (χ0n) is 16.7. The van der Waals surface area contributed by atoms with Crippen LogP contribution in [0.3, 0.4) is 0 Å². The maximum Gasteiger partial charge on any atom is 0.133 e. The molecule has 150 valence electrons. The van der Waals surface area contributed by atoms with Gasteiger partial charge in [0.05, 0.1) is 0 Å². The second kappa shape index (κ2) is 10.1. The molecular weight excluding hydrogens is 372 g/mol.